The lowest BCUT2D eigenvalue weighted by atomic mass is 10.1. The molecule has 0 saturated heterocycles. The zero-order valence-electron chi connectivity index (χ0n) is 15.0. The highest BCUT2D eigenvalue weighted by Gasteiger charge is 2.02. The van der Waals surface area contributed by atoms with Crippen LogP contribution in [0.4, 0.5) is 17.5 Å². The van der Waals surface area contributed by atoms with Crippen LogP contribution in [0, 0.1) is 0 Å². The highest BCUT2D eigenvalue weighted by molar-refractivity contribution is 6.30. The van der Waals surface area contributed by atoms with Crippen LogP contribution in [0.3, 0.4) is 0 Å². The van der Waals surface area contributed by atoms with E-state index in [0.717, 1.165) is 33.2 Å². The summed E-state index contributed by atoms with van der Waals surface area (Å²) in [4.78, 5) is 12.9. The minimum atomic E-state index is 0.562. The Bertz CT molecular complexity index is 1030. The van der Waals surface area contributed by atoms with Gasteiger partial charge in [0.2, 0.25) is 5.95 Å². The topological polar surface area (TPSA) is 62.7 Å². The lowest BCUT2D eigenvalue weighted by molar-refractivity contribution is 1.04. The van der Waals surface area contributed by atoms with Gasteiger partial charge in [0.15, 0.2) is 0 Å². The molecule has 2 N–H and O–H groups in total. The number of rotatable bonds is 6. The third-order valence-corrected chi connectivity index (χ3v) is 4.42. The second-order valence-corrected chi connectivity index (χ2v) is 6.63. The van der Waals surface area contributed by atoms with E-state index in [2.05, 4.69) is 37.7 Å². The summed E-state index contributed by atoms with van der Waals surface area (Å²) in [5.41, 5.74) is 4.28. The Balaban J connectivity index is 1.42. The maximum absolute atomic E-state index is 5.95. The maximum atomic E-state index is 5.95. The van der Waals surface area contributed by atoms with Crippen molar-refractivity contribution in [1.29, 1.82) is 0 Å². The Morgan fingerprint density at radius 2 is 1.57 bits per heavy atom. The first kappa shape index (κ1) is 17.9. The summed E-state index contributed by atoms with van der Waals surface area (Å²) in [6.07, 6.45) is 5.29. The van der Waals surface area contributed by atoms with E-state index in [1.807, 2.05) is 60.8 Å². The molecule has 0 atom stereocenters. The average Bonchev–Trinajstić information content (AvgIpc) is 2.75. The van der Waals surface area contributed by atoms with Crippen molar-refractivity contribution in [1.82, 2.24) is 15.0 Å². The first-order chi connectivity index (χ1) is 13.8. The maximum Gasteiger partial charge on any atom is 0.224 e. The van der Waals surface area contributed by atoms with Gasteiger partial charge in [-0.25, -0.2) is 4.98 Å². The summed E-state index contributed by atoms with van der Waals surface area (Å²) in [6, 6.07) is 21.7. The molecule has 5 nitrogen and oxygen atoms in total. The molecule has 0 fully saturated rings. The number of hydrogen-bond donors (Lipinski definition) is 2. The molecule has 4 rings (SSSR count). The fourth-order valence-electron chi connectivity index (χ4n) is 2.73. The molecule has 4 aromatic rings. The van der Waals surface area contributed by atoms with Gasteiger partial charge in [-0.1, -0.05) is 41.9 Å². The predicted octanol–water partition coefficient (Wildman–Crippen LogP) is 5.55. The van der Waals surface area contributed by atoms with E-state index < -0.39 is 0 Å². The van der Waals surface area contributed by atoms with Gasteiger partial charge < -0.3 is 10.6 Å². The van der Waals surface area contributed by atoms with E-state index in [-0.39, 0.29) is 0 Å². The normalized spacial score (nSPS) is 10.5. The zero-order chi connectivity index (χ0) is 19.2. The van der Waals surface area contributed by atoms with E-state index in [9.17, 15) is 0 Å². The van der Waals surface area contributed by atoms with Crippen molar-refractivity contribution in [3.8, 4) is 11.1 Å². The number of halogens is 1. The van der Waals surface area contributed by atoms with Crippen molar-refractivity contribution < 1.29 is 0 Å². The van der Waals surface area contributed by atoms with Crippen molar-refractivity contribution in [2.24, 2.45) is 0 Å². The van der Waals surface area contributed by atoms with Crippen molar-refractivity contribution >= 4 is 29.1 Å². The summed E-state index contributed by atoms with van der Waals surface area (Å²) in [7, 11) is 0. The van der Waals surface area contributed by atoms with Gasteiger partial charge in [-0.05, 0) is 53.1 Å². The molecule has 2 aromatic carbocycles. The van der Waals surface area contributed by atoms with E-state index in [1.165, 1.54) is 0 Å². The molecule has 0 spiro atoms. The molecule has 0 saturated carbocycles. The molecule has 0 radical (unpaired) electrons. The standard InChI is InChI=1S/C22H18ClN5/c23-19-7-3-17(4-8-19)18-5-9-20(10-6-18)27-21-11-13-25-22(28-21)26-15-16-2-1-12-24-14-16/h1-14H,15H2,(H2,25,26,27,28). The monoisotopic (exact) mass is 387 g/mol. The molecule has 138 valence electrons. The van der Waals surface area contributed by atoms with Crippen LogP contribution in [0.2, 0.25) is 5.02 Å². The van der Waals surface area contributed by atoms with Crippen LogP contribution in [-0.4, -0.2) is 15.0 Å². The second kappa shape index (κ2) is 8.50. The van der Waals surface area contributed by atoms with Gasteiger partial charge in [0.05, 0.1) is 0 Å². The number of anilines is 3. The highest BCUT2D eigenvalue weighted by atomic mass is 35.5. The van der Waals surface area contributed by atoms with E-state index >= 15 is 0 Å². The molecule has 0 aliphatic heterocycles. The molecule has 0 aliphatic carbocycles. The second-order valence-electron chi connectivity index (χ2n) is 6.19. The Morgan fingerprint density at radius 3 is 2.29 bits per heavy atom. The molecule has 0 amide bonds. The van der Waals surface area contributed by atoms with Crippen molar-refractivity contribution in [2.75, 3.05) is 10.6 Å². The first-order valence-electron chi connectivity index (χ1n) is 8.85. The summed E-state index contributed by atoms with van der Waals surface area (Å²) in [5, 5.41) is 7.25. The number of benzene rings is 2. The van der Waals surface area contributed by atoms with E-state index in [4.69, 9.17) is 11.6 Å². The Morgan fingerprint density at radius 1 is 0.821 bits per heavy atom. The minimum Gasteiger partial charge on any atom is -0.350 e. The van der Waals surface area contributed by atoms with Gasteiger partial charge in [0.25, 0.3) is 0 Å². The molecular formula is C22H18ClN5. The van der Waals surface area contributed by atoms with Crippen molar-refractivity contribution in [3.05, 3.63) is 95.9 Å². The van der Waals surface area contributed by atoms with Gasteiger partial charge in [0, 0.05) is 35.8 Å². The third kappa shape index (κ3) is 4.64. The van der Waals surface area contributed by atoms with E-state index in [1.54, 1.807) is 12.4 Å². The fourth-order valence-corrected chi connectivity index (χ4v) is 2.86. The number of nitrogens with zero attached hydrogens (tertiary/aromatic N) is 3. The molecule has 0 bridgehead atoms. The molecular weight excluding hydrogens is 370 g/mol. The summed E-state index contributed by atoms with van der Waals surface area (Å²) in [5.74, 6) is 1.29. The van der Waals surface area contributed by atoms with Crippen LogP contribution in [0.5, 0.6) is 0 Å². The Hall–Kier alpha value is -3.44. The molecule has 28 heavy (non-hydrogen) atoms. The highest BCUT2D eigenvalue weighted by Crippen LogP contribution is 2.24. The molecule has 2 aromatic heterocycles. The molecule has 6 heteroatoms. The van der Waals surface area contributed by atoms with Crippen LogP contribution in [-0.2, 0) is 6.54 Å². The lowest BCUT2D eigenvalue weighted by Crippen LogP contribution is -2.05. The van der Waals surface area contributed by atoms with Crippen LogP contribution in [0.15, 0.2) is 85.3 Å². The molecule has 0 aliphatic rings. The minimum absolute atomic E-state index is 0.562. The van der Waals surface area contributed by atoms with Gasteiger partial charge in [-0.3, -0.25) is 4.98 Å². The van der Waals surface area contributed by atoms with Gasteiger partial charge >= 0.3 is 0 Å². The smallest absolute Gasteiger partial charge is 0.224 e. The third-order valence-electron chi connectivity index (χ3n) is 4.16. The predicted molar refractivity (Wildman–Crippen MR) is 114 cm³/mol. The van der Waals surface area contributed by atoms with E-state index in [0.29, 0.717) is 12.5 Å². The summed E-state index contributed by atoms with van der Waals surface area (Å²) >= 11 is 5.95. The number of pyridine rings is 1. The summed E-state index contributed by atoms with van der Waals surface area (Å²) < 4.78 is 0. The zero-order valence-corrected chi connectivity index (χ0v) is 15.8. The first-order valence-corrected chi connectivity index (χ1v) is 9.23. The van der Waals surface area contributed by atoms with Crippen LogP contribution < -0.4 is 10.6 Å². The quantitative estimate of drug-likeness (QED) is 0.454. The Labute approximate surface area is 168 Å². The van der Waals surface area contributed by atoms with Crippen LogP contribution >= 0.6 is 11.6 Å². The molecule has 2 heterocycles. The largest absolute Gasteiger partial charge is 0.350 e. The molecule has 0 unspecified atom stereocenters. The number of aromatic nitrogens is 3. The van der Waals surface area contributed by atoms with Crippen LogP contribution in [0.25, 0.3) is 11.1 Å². The van der Waals surface area contributed by atoms with Gasteiger partial charge in [-0.15, -0.1) is 0 Å². The van der Waals surface area contributed by atoms with Gasteiger partial charge in [-0.2, -0.15) is 4.98 Å². The fraction of sp³-hybridized carbons (Fsp3) is 0.0455. The van der Waals surface area contributed by atoms with Gasteiger partial charge in [0.1, 0.15) is 5.82 Å². The summed E-state index contributed by atoms with van der Waals surface area (Å²) in [6.45, 7) is 0.618. The number of nitrogens with one attached hydrogen (secondary N) is 2. The lowest BCUT2D eigenvalue weighted by Gasteiger charge is -2.09. The average molecular weight is 388 g/mol. The number of hydrogen-bond acceptors (Lipinski definition) is 5. The van der Waals surface area contributed by atoms with Crippen molar-refractivity contribution in [2.45, 2.75) is 6.54 Å². The Kier molecular flexibility index (Phi) is 5.45. The SMILES string of the molecule is Clc1ccc(-c2ccc(Nc3ccnc(NCc4cccnc4)n3)cc2)cc1. The van der Waals surface area contributed by atoms with Crippen molar-refractivity contribution in [3.63, 3.8) is 0 Å². The van der Waals surface area contributed by atoms with Crippen LogP contribution in [0.1, 0.15) is 5.56 Å².